The summed E-state index contributed by atoms with van der Waals surface area (Å²) in [6.07, 6.45) is 9.93. The molecule has 6 nitrogen and oxygen atoms in total. The number of rotatable bonds is 4. The van der Waals surface area contributed by atoms with Crippen molar-refractivity contribution in [3.05, 3.63) is 86.7 Å². The minimum atomic E-state index is -0.747. The lowest BCUT2D eigenvalue weighted by atomic mass is 9.48. The summed E-state index contributed by atoms with van der Waals surface area (Å²) < 4.78 is 3.04. The molecule has 210 valence electrons. The molecule has 1 N–H and O–H groups in total. The highest BCUT2D eigenvalue weighted by Crippen LogP contribution is 2.60. The van der Waals surface area contributed by atoms with Gasteiger partial charge >= 0.3 is 6.03 Å². The Bertz CT molecular complexity index is 1610. The van der Waals surface area contributed by atoms with Crippen molar-refractivity contribution in [2.24, 2.45) is 17.8 Å². The number of carbonyl (C=O) groups excluding carboxylic acids is 3. The van der Waals surface area contributed by atoms with Crippen LogP contribution in [0.5, 0.6) is 0 Å². The van der Waals surface area contributed by atoms with E-state index in [-0.39, 0.29) is 5.57 Å². The van der Waals surface area contributed by atoms with Crippen molar-refractivity contribution < 1.29 is 14.4 Å². The number of halogens is 1. The molecule has 0 radical (unpaired) electrons. The Morgan fingerprint density at radius 3 is 2.07 bits per heavy atom. The van der Waals surface area contributed by atoms with Gasteiger partial charge in [0.15, 0.2) is 0 Å². The Morgan fingerprint density at radius 2 is 1.46 bits per heavy atom. The number of hydrogen-bond acceptors (Lipinski definition) is 3. The van der Waals surface area contributed by atoms with Crippen LogP contribution in [0.4, 0.5) is 10.5 Å². The van der Waals surface area contributed by atoms with E-state index < -0.39 is 17.8 Å². The van der Waals surface area contributed by atoms with E-state index in [4.69, 9.17) is 0 Å². The monoisotopic (exact) mass is 611 g/mol. The zero-order valence-corrected chi connectivity index (χ0v) is 25.3. The molecule has 4 bridgehead atoms. The highest BCUT2D eigenvalue weighted by Gasteiger charge is 2.51. The molecule has 41 heavy (non-hydrogen) atoms. The van der Waals surface area contributed by atoms with Gasteiger partial charge < -0.3 is 4.57 Å². The van der Waals surface area contributed by atoms with Gasteiger partial charge in [0.2, 0.25) is 0 Å². The van der Waals surface area contributed by atoms with Crippen LogP contribution >= 0.6 is 15.9 Å². The molecule has 7 heteroatoms. The molecule has 1 saturated heterocycles. The first-order valence-corrected chi connectivity index (χ1v) is 15.4. The van der Waals surface area contributed by atoms with E-state index in [1.165, 1.54) is 44.1 Å². The smallest absolute Gasteiger partial charge is 0.318 e. The standard InChI is InChI=1S/C34H34BrN3O3/c1-19-10-28(8-9-30(19)35)38-32(40)29(31(39)36-33(38)41)15-25-11-20(2)37(21(25)3)27-6-4-26(5-7-27)34-16-22-12-23(17-34)14-24(13-22)18-34/h4-11,15,22-24H,12-14,16-18H2,1-3H3,(H,36,39,41)/b29-15+. The largest absolute Gasteiger partial charge is 0.335 e. The van der Waals surface area contributed by atoms with Crippen LogP contribution in [0.2, 0.25) is 0 Å². The van der Waals surface area contributed by atoms with Gasteiger partial charge in [-0.1, -0.05) is 28.1 Å². The number of barbiturate groups is 1. The molecule has 2 aromatic carbocycles. The minimum Gasteiger partial charge on any atom is -0.318 e. The maximum Gasteiger partial charge on any atom is 0.335 e. The van der Waals surface area contributed by atoms with Crippen molar-refractivity contribution in [3.63, 3.8) is 0 Å². The maximum absolute atomic E-state index is 13.5. The predicted octanol–water partition coefficient (Wildman–Crippen LogP) is 7.30. The molecule has 1 aromatic heterocycles. The van der Waals surface area contributed by atoms with Crippen molar-refractivity contribution in [2.45, 2.75) is 64.7 Å². The third kappa shape index (κ3) is 4.32. The summed E-state index contributed by atoms with van der Waals surface area (Å²) in [7, 11) is 0. The zero-order chi connectivity index (χ0) is 28.6. The van der Waals surface area contributed by atoms with E-state index >= 15 is 0 Å². The minimum absolute atomic E-state index is 0.0670. The predicted molar refractivity (Wildman–Crippen MR) is 163 cm³/mol. The molecule has 3 aromatic rings. The van der Waals surface area contributed by atoms with Gasteiger partial charge in [-0.3, -0.25) is 14.9 Å². The quantitative estimate of drug-likeness (QED) is 0.248. The number of nitrogens with one attached hydrogen (secondary N) is 1. The molecule has 1 aliphatic heterocycles. The van der Waals surface area contributed by atoms with E-state index in [1.54, 1.807) is 24.3 Å². The Balaban J connectivity index is 1.19. The number of amides is 4. The van der Waals surface area contributed by atoms with Crippen molar-refractivity contribution in [3.8, 4) is 5.69 Å². The number of hydrogen-bond donors (Lipinski definition) is 1. The first-order chi connectivity index (χ1) is 19.6. The van der Waals surface area contributed by atoms with Crippen LogP contribution in [-0.4, -0.2) is 22.4 Å². The first kappa shape index (κ1) is 26.4. The number of carbonyl (C=O) groups is 3. The fourth-order valence-corrected chi connectivity index (χ4v) is 8.82. The molecule has 4 amide bonds. The van der Waals surface area contributed by atoms with E-state index in [1.807, 2.05) is 26.8 Å². The van der Waals surface area contributed by atoms with Crippen molar-refractivity contribution in [2.75, 3.05) is 4.90 Å². The van der Waals surface area contributed by atoms with Crippen molar-refractivity contribution in [1.82, 2.24) is 9.88 Å². The number of nitrogens with zero attached hydrogens (tertiary/aromatic N) is 2. The Morgan fingerprint density at radius 1 is 0.854 bits per heavy atom. The van der Waals surface area contributed by atoms with Gasteiger partial charge in [-0.15, -0.1) is 0 Å². The van der Waals surface area contributed by atoms with Crippen LogP contribution in [0, 0.1) is 38.5 Å². The number of urea groups is 1. The molecule has 0 spiro atoms. The molecule has 8 rings (SSSR count). The Hall–Kier alpha value is -3.45. The van der Waals surface area contributed by atoms with Crippen LogP contribution in [0.25, 0.3) is 11.8 Å². The summed E-state index contributed by atoms with van der Waals surface area (Å²) in [6.45, 7) is 5.91. The number of aromatic nitrogens is 1. The van der Waals surface area contributed by atoms with Crippen LogP contribution in [0.3, 0.4) is 0 Å². The lowest BCUT2D eigenvalue weighted by Gasteiger charge is -2.57. The van der Waals surface area contributed by atoms with Crippen LogP contribution in [-0.2, 0) is 15.0 Å². The fraction of sp³-hybridized carbons (Fsp3) is 0.382. The highest BCUT2D eigenvalue weighted by atomic mass is 79.9. The van der Waals surface area contributed by atoms with E-state index in [0.717, 1.165) is 55.3 Å². The topological polar surface area (TPSA) is 71.4 Å². The van der Waals surface area contributed by atoms with Gasteiger partial charge in [0, 0.05) is 21.5 Å². The van der Waals surface area contributed by atoms with Crippen LogP contribution in [0.1, 0.15) is 66.6 Å². The van der Waals surface area contributed by atoms with Gasteiger partial charge in [-0.2, -0.15) is 0 Å². The van der Waals surface area contributed by atoms with Crippen molar-refractivity contribution >= 4 is 45.5 Å². The molecular weight excluding hydrogens is 578 g/mol. The van der Waals surface area contributed by atoms with E-state index in [9.17, 15) is 14.4 Å². The zero-order valence-electron chi connectivity index (χ0n) is 23.7. The third-order valence-corrected chi connectivity index (χ3v) is 10.9. The summed E-state index contributed by atoms with van der Waals surface area (Å²) in [5.74, 6) is 1.40. The van der Waals surface area contributed by atoms with Crippen LogP contribution in [0.15, 0.2) is 58.6 Å². The Labute approximate surface area is 248 Å². The molecular formula is C34H34BrN3O3. The van der Waals surface area contributed by atoms with Gasteiger partial charge in [0.05, 0.1) is 5.69 Å². The Kier molecular flexibility index (Phi) is 6.16. The molecule has 5 fully saturated rings. The molecule has 5 aliphatic rings. The van der Waals surface area contributed by atoms with E-state index in [0.29, 0.717) is 11.1 Å². The molecule has 0 atom stereocenters. The lowest BCUT2D eigenvalue weighted by Crippen LogP contribution is -2.54. The molecule has 4 saturated carbocycles. The average Bonchev–Trinajstić information content (AvgIpc) is 3.20. The third-order valence-electron chi connectivity index (χ3n) is 10.0. The second-order valence-corrected chi connectivity index (χ2v) is 13.7. The number of anilines is 1. The summed E-state index contributed by atoms with van der Waals surface area (Å²) >= 11 is 3.45. The second kappa shape index (κ2) is 9.55. The van der Waals surface area contributed by atoms with E-state index in [2.05, 4.69) is 50.1 Å². The highest BCUT2D eigenvalue weighted by molar-refractivity contribution is 9.10. The van der Waals surface area contributed by atoms with Crippen LogP contribution < -0.4 is 10.2 Å². The number of benzene rings is 2. The number of imide groups is 2. The van der Waals surface area contributed by atoms with Gasteiger partial charge in [-0.05, 0) is 142 Å². The fourth-order valence-electron chi connectivity index (χ4n) is 8.57. The maximum atomic E-state index is 13.5. The average molecular weight is 613 g/mol. The molecule has 4 aliphatic carbocycles. The summed E-state index contributed by atoms with van der Waals surface area (Å²) in [6, 6.07) is 15.6. The van der Waals surface area contributed by atoms with Gasteiger partial charge in [0.25, 0.3) is 11.8 Å². The van der Waals surface area contributed by atoms with Gasteiger partial charge in [-0.25, -0.2) is 9.69 Å². The summed E-state index contributed by atoms with van der Waals surface area (Å²) in [5.41, 5.74) is 6.85. The summed E-state index contributed by atoms with van der Waals surface area (Å²) in [5, 5.41) is 2.34. The second-order valence-electron chi connectivity index (χ2n) is 12.8. The lowest BCUT2D eigenvalue weighted by molar-refractivity contribution is -0.122. The molecule has 2 heterocycles. The van der Waals surface area contributed by atoms with Gasteiger partial charge in [0.1, 0.15) is 5.57 Å². The SMILES string of the molecule is Cc1cc(N2C(=O)NC(=O)/C(=C\c3cc(C)n(-c4ccc(C56CC7CC(CC(C7)C5)C6)cc4)c3C)C2=O)ccc1Br. The summed E-state index contributed by atoms with van der Waals surface area (Å²) in [4.78, 5) is 40.0. The normalized spacial score (nSPS) is 28.1. The molecule has 0 unspecified atom stereocenters. The first-order valence-electron chi connectivity index (χ1n) is 14.6. The number of aryl methyl sites for hydroxylation is 2. The van der Waals surface area contributed by atoms with Crippen molar-refractivity contribution in [1.29, 1.82) is 0 Å².